The summed E-state index contributed by atoms with van der Waals surface area (Å²) in [6.45, 7) is 1.69. The van der Waals surface area contributed by atoms with E-state index in [2.05, 4.69) is 15.5 Å². The van der Waals surface area contributed by atoms with E-state index >= 15 is 0 Å². The fourth-order valence-electron chi connectivity index (χ4n) is 2.37. The second-order valence-electron chi connectivity index (χ2n) is 5.54. The number of nitrogens with one attached hydrogen (secondary N) is 1. The maximum Gasteiger partial charge on any atom is 0.227 e. The lowest BCUT2D eigenvalue weighted by molar-refractivity contribution is -0.118. The number of anilines is 1. The number of aromatic nitrogens is 2. The molecule has 1 aromatic heterocycles. The average Bonchev–Trinajstić information content (AvgIpc) is 3.01. The van der Waals surface area contributed by atoms with Gasteiger partial charge in [0.15, 0.2) is 0 Å². The highest BCUT2D eigenvalue weighted by molar-refractivity contribution is 5.91. The molecule has 0 saturated carbocycles. The van der Waals surface area contributed by atoms with Gasteiger partial charge in [0.1, 0.15) is 5.82 Å². The topological polar surface area (TPSA) is 88.2 Å². The van der Waals surface area contributed by atoms with Crippen molar-refractivity contribution in [3.63, 3.8) is 0 Å². The first-order chi connectivity index (χ1) is 12.0. The molecule has 2 aromatic carbocycles. The maximum atomic E-state index is 13.2. The molecular weight excluding hydrogens is 325 g/mol. The molecule has 0 radical (unpaired) electrons. The summed E-state index contributed by atoms with van der Waals surface area (Å²) in [4.78, 5) is 16.2. The van der Waals surface area contributed by atoms with Crippen molar-refractivity contribution in [3.8, 4) is 11.4 Å². The van der Waals surface area contributed by atoms with Crippen LogP contribution in [0.5, 0.6) is 0 Å². The zero-order valence-electron chi connectivity index (χ0n) is 13.4. The Hall–Kier alpha value is -3.06. The third-order valence-corrected chi connectivity index (χ3v) is 3.54. The van der Waals surface area contributed by atoms with Gasteiger partial charge in [-0.2, -0.15) is 4.98 Å². The first-order valence-corrected chi connectivity index (χ1v) is 7.65. The fourth-order valence-corrected chi connectivity index (χ4v) is 2.37. The monoisotopic (exact) mass is 341 g/mol. The quantitative estimate of drug-likeness (QED) is 0.744. The van der Waals surface area contributed by atoms with E-state index in [0.717, 1.165) is 0 Å². The van der Waals surface area contributed by atoms with Crippen LogP contribution >= 0.6 is 0 Å². The van der Waals surface area contributed by atoms with E-state index in [9.17, 15) is 14.3 Å². The summed E-state index contributed by atoms with van der Waals surface area (Å²) < 4.78 is 18.1. The number of halogens is 1. The number of hydrogen-bond donors (Lipinski definition) is 2. The highest BCUT2D eigenvalue weighted by atomic mass is 19.1. The standard InChI is InChI=1S/C18H16FN3O3/c1-11-20-18(22-25-11)13-5-3-7-15(9-13)21-17(24)10-16(23)12-4-2-6-14(19)8-12/h2-9,16,23H,10H2,1H3,(H,21,24). The highest BCUT2D eigenvalue weighted by Crippen LogP contribution is 2.22. The van der Waals surface area contributed by atoms with Gasteiger partial charge in [-0.15, -0.1) is 0 Å². The van der Waals surface area contributed by atoms with Gasteiger partial charge < -0.3 is 14.9 Å². The van der Waals surface area contributed by atoms with E-state index in [1.165, 1.54) is 18.2 Å². The molecule has 0 aliphatic heterocycles. The molecule has 0 bridgehead atoms. The van der Waals surface area contributed by atoms with Crippen LogP contribution in [-0.4, -0.2) is 21.2 Å². The summed E-state index contributed by atoms with van der Waals surface area (Å²) in [7, 11) is 0. The van der Waals surface area contributed by atoms with Crippen LogP contribution in [0.25, 0.3) is 11.4 Å². The lowest BCUT2D eigenvalue weighted by atomic mass is 10.1. The average molecular weight is 341 g/mol. The first-order valence-electron chi connectivity index (χ1n) is 7.65. The SMILES string of the molecule is Cc1nc(-c2cccc(NC(=O)CC(O)c3cccc(F)c3)c2)no1. The molecule has 0 spiro atoms. The summed E-state index contributed by atoms with van der Waals surface area (Å²) in [6, 6.07) is 12.5. The second kappa shape index (κ2) is 7.23. The molecule has 0 saturated heterocycles. The van der Waals surface area contributed by atoms with Gasteiger partial charge in [-0.1, -0.05) is 29.4 Å². The number of benzene rings is 2. The number of hydrogen-bond acceptors (Lipinski definition) is 5. The van der Waals surface area contributed by atoms with Crippen molar-refractivity contribution in [2.75, 3.05) is 5.32 Å². The molecule has 7 heteroatoms. The second-order valence-corrected chi connectivity index (χ2v) is 5.54. The van der Waals surface area contributed by atoms with Crippen molar-refractivity contribution in [1.82, 2.24) is 10.1 Å². The minimum atomic E-state index is -1.08. The van der Waals surface area contributed by atoms with Crippen LogP contribution in [0.15, 0.2) is 53.1 Å². The van der Waals surface area contributed by atoms with Crippen LogP contribution in [0.1, 0.15) is 24.0 Å². The minimum Gasteiger partial charge on any atom is -0.388 e. The van der Waals surface area contributed by atoms with Crippen molar-refractivity contribution < 1.29 is 18.8 Å². The van der Waals surface area contributed by atoms with Crippen LogP contribution in [0.4, 0.5) is 10.1 Å². The number of carbonyl (C=O) groups is 1. The van der Waals surface area contributed by atoms with Crippen molar-refractivity contribution >= 4 is 11.6 Å². The number of nitrogens with zero attached hydrogens (tertiary/aromatic N) is 2. The van der Waals surface area contributed by atoms with Crippen molar-refractivity contribution in [2.24, 2.45) is 0 Å². The Kier molecular flexibility index (Phi) is 4.85. The summed E-state index contributed by atoms with van der Waals surface area (Å²) in [6.07, 6.45) is -1.27. The van der Waals surface area contributed by atoms with Gasteiger partial charge >= 0.3 is 0 Å². The van der Waals surface area contributed by atoms with E-state index in [1.807, 2.05) is 0 Å². The van der Waals surface area contributed by atoms with E-state index < -0.39 is 17.8 Å². The molecule has 0 aliphatic rings. The Bertz CT molecular complexity index is 895. The molecule has 1 heterocycles. The van der Waals surface area contributed by atoms with Crippen LogP contribution in [0.2, 0.25) is 0 Å². The molecule has 128 valence electrons. The van der Waals surface area contributed by atoms with Crippen molar-refractivity contribution in [2.45, 2.75) is 19.4 Å². The molecule has 1 amide bonds. The molecule has 6 nitrogen and oxygen atoms in total. The molecule has 1 unspecified atom stereocenters. The van der Waals surface area contributed by atoms with Gasteiger partial charge in [-0.3, -0.25) is 4.79 Å². The van der Waals surface area contributed by atoms with E-state index in [4.69, 9.17) is 4.52 Å². The van der Waals surface area contributed by atoms with Crippen molar-refractivity contribution in [1.29, 1.82) is 0 Å². The zero-order chi connectivity index (χ0) is 17.8. The van der Waals surface area contributed by atoms with Crippen LogP contribution in [0.3, 0.4) is 0 Å². The smallest absolute Gasteiger partial charge is 0.227 e. The lowest BCUT2D eigenvalue weighted by Gasteiger charge is -2.11. The Labute approximate surface area is 143 Å². The number of aliphatic hydroxyl groups excluding tert-OH is 1. The van der Waals surface area contributed by atoms with Crippen LogP contribution in [0, 0.1) is 12.7 Å². The maximum absolute atomic E-state index is 13.2. The number of rotatable bonds is 5. The molecule has 0 fully saturated rings. The highest BCUT2D eigenvalue weighted by Gasteiger charge is 2.14. The van der Waals surface area contributed by atoms with Gasteiger partial charge in [0.25, 0.3) is 0 Å². The van der Waals surface area contributed by atoms with Gasteiger partial charge in [0, 0.05) is 18.2 Å². The molecule has 3 aromatic rings. The number of carbonyl (C=O) groups excluding carboxylic acids is 1. The third kappa shape index (κ3) is 4.27. The summed E-state index contributed by atoms with van der Waals surface area (Å²) in [5.41, 5.74) is 1.59. The summed E-state index contributed by atoms with van der Waals surface area (Å²) in [5.74, 6) is 0.0225. The van der Waals surface area contributed by atoms with Gasteiger partial charge in [0.05, 0.1) is 12.5 Å². The predicted molar refractivity (Wildman–Crippen MR) is 89.1 cm³/mol. The summed E-state index contributed by atoms with van der Waals surface area (Å²) >= 11 is 0. The van der Waals surface area contributed by atoms with Gasteiger partial charge in [-0.05, 0) is 29.8 Å². The Balaban J connectivity index is 1.67. The summed E-state index contributed by atoms with van der Waals surface area (Å²) in [5, 5.41) is 16.6. The largest absolute Gasteiger partial charge is 0.388 e. The first kappa shape index (κ1) is 16.8. The third-order valence-electron chi connectivity index (χ3n) is 3.54. The number of aryl methyl sites for hydroxylation is 1. The van der Waals surface area contributed by atoms with E-state index in [1.54, 1.807) is 37.3 Å². The van der Waals surface area contributed by atoms with Crippen LogP contribution < -0.4 is 5.32 Å². The predicted octanol–water partition coefficient (Wildman–Crippen LogP) is 3.25. The Morgan fingerprint density at radius 2 is 2.08 bits per heavy atom. The number of aliphatic hydroxyl groups is 1. The molecule has 25 heavy (non-hydrogen) atoms. The molecular formula is C18H16FN3O3. The number of amides is 1. The Morgan fingerprint density at radius 3 is 2.80 bits per heavy atom. The fraction of sp³-hybridized carbons (Fsp3) is 0.167. The van der Waals surface area contributed by atoms with E-state index in [-0.39, 0.29) is 6.42 Å². The van der Waals surface area contributed by atoms with Crippen LogP contribution in [-0.2, 0) is 4.79 Å². The molecule has 0 aliphatic carbocycles. The van der Waals surface area contributed by atoms with E-state index in [0.29, 0.717) is 28.5 Å². The zero-order valence-corrected chi connectivity index (χ0v) is 13.4. The molecule has 3 rings (SSSR count). The van der Waals surface area contributed by atoms with Gasteiger partial charge in [0.2, 0.25) is 17.6 Å². The van der Waals surface area contributed by atoms with Gasteiger partial charge in [-0.25, -0.2) is 4.39 Å². The molecule has 1 atom stereocenters. The lowest BCUT2D eigenvalue weighted by Crippen LogP contribution is -2.15. The Morgan fingerprint density at radius 1 is 1.28 bits per heavy atom. The normalized spacial score (nSPS) is 12.0. The molecule has 2 N–H and O–H groups in total. The minimum absolute atomic E-state index is 0.186. The van der Waals surface area contributed by atoms with Crippen molar-refractivity contribution in [3.05, 3.63) is 65.8 Å².